The van der Waals surface area contributed by atoms with Gasteiger partial charge in [-0.05, 0) is 60.9 Å². The predicted octanol–water partition coefficient (Wildman–Crippen LogP) is 3.77. The summed E-state index contributed by atoms with van der Waals surface area (Å²) >= 11 is 0. The van der Waals surface area contributed by atoms with Gasteiger partial charge in [-0.2, -0.15) is 0 Å². The molecule has 0 spiro atoms. The third-order valence-electron chi connectivity index (χ3n) is 6.31. The summed E-state index contributed by atoms with van der Waals surface area (Å²) in [4.78, 5) is 31.5. The lowest BCUT2D eigenvalue weighted by Crippen LogP contribution is -2.38. The highest BCUT2D eigenvalue weighted by atomic mass is 16.3. The van der Waals surface area contributed by atoms with Gasteiger partial charge in [0.2, 0.25) is 5.91 Å². The van der Waals surface area contributed by atoms with Gasteiger partial charge in [-0.1, -0.05) is 19.3 Å². The quantitative estimate of drug-likeness (QED) is 0.836. The lowest BCUT2D eigenvalue weighted by atomic mass is 9.86. The van der Waals surface area contributed by atoms with Crippen molar-refractivity contribution in [1.29, 1.82) is 0 Å². The summed E-state index contributed by atoms with van der Waals surface area (Å²) in [5, 5.41) is 2.93. The van der Waals surface area contributed by atoms with Crippen LogP contribution in [0.1, 0.15) is 71.5 Å². The van der Waals surface area contributed by atoms with Crippen LogP contribution in [0.3, 0.4) is 0 Å². The molecule has 2 aromatic rings. The second-order valence-corrected chi connectivity index (χ2v) is 8.26. The second-order valence-electron chi connectivity index (χ2n) is 8.26. The number of hydrogen-bond acceptors (Lipinski definition) is 4. The van der Waals surface area contributed by atoms with Crippen LogP contribution < -0.4 is 5.32 Å². The first-order valence-electron chi connectivity index (χ1n) is 10.7. The number of aryl methyl sites for hydroxylation is 1. The van der Waals surface area contributed by atoms with Crippen LogP contribution in [0.5, 0.6) is 0 Å². The van der Waals surface area contributed by atoms with E-state index in [4.69, 9.17) is 4.42 Å². The molecule has 0 saturated heterocycles. The zero-order valence-electron chi connectivity index (χ0n) is 17.1. The van der Waals surface area contributed by atoms with Gasteiger partial charge in [-0.25, -0.2) is 0 Å². The summed E-state index contributed by atoms with van der Waals surface area (Å²) in [6, 6.07) is 3.35. The van der Waals surface area contributed by atoms with Crippen LogP contribution in [0.25, 0.3) is 0 Å². The summed E-state index contributed by atoms with van der Waals surface area (Å²) < 4.78 is 5.16. The van der Waals surface area contributed by atoms with Gasteiger partial charge in [0.05, 0.1) is 6.26 Å². The van der Waals surface area contributed by atoms with Crippen LogP contribution in [0.15, 0.2) is 29.0 Å². The van der Waals surface area contributed by atoms with E-state index in [1.54, 1.807) is 12.1 Å². The van der Waals surface area contributed by atoms with Crippen molar-refractivity contribution in [3.8, 4) is 0 Å². The molecular formula is C23H29N3O3. The van der Waals surface area contributed by atoms with Crippen molar-refractivity contribution < 1.29 is 14.0 Å². The molecule has 6 heteroatoms. The average Bonchev–Trinajstić information content (AvgIpc) is 3.28. The molecule has 0 unspecified atom stereocenters. The van der Waals surface area contributed by atoms with Crippen LogP contribution in [0, 0.1) is 12.8 Å². The molecule has 154 valence electrons. The van der Waals surface area contributed by atoms with E-state index in [9.17, 15) is 9.59 Å². The molecule has 6 nitrogen and oxygen atoms in total. The van der Waals surface area contributed by atoms with Crippen molar-refractivity contribution in [2.24, 2.45) is 5.92 Å². The molecule has 29 heavy (non-hydrogen) atoms. The Morgan fingerprint density at radius 2 is 2.10 bits per heavy atom. The highest BCUT2D eigenvalue weighted by Crippen LogP contribution is 2.29. The van der Waals surface area contributed by atoms with Gasteiger partial charge < -0.3 is 14.6 Å². The van der Waals surface area contributed by atoms with Crippen molar-refractivity contribution in [1.82, 2.24) is 15.2 Å². The summed E-state index contributed by atoms with van der Waals surface area (Å²) in [6.07, 6.45) is 11.1. The molecule has 1 aliphatic heterocycles. The van der Waals surface area contributed by atoms with E-state index in [-0.39, 0.29) is 11.8 Å². The number of furan rings is 1. The van der Waals surface area contributed by atoms with Gasteiger partial charge in [-0.3, -0.25) is 14.6 Å². The number of pyridine rings is 1. The Balaban J connectivity index is 1.41. The normalized spacial score (nSPS) is 17.1. The Morgan fingerprint density at radius 1 is 1.28 bits per heavy atom. The maximum atomic E-state index is 12.8. The fourth-order valence-corrected chi connectivity index (χ4v) is 4.60. The maximum absolute atomic E-state index is 12.8. The molecule has 4 rings (SSSR count). The topological polar surface area (TPSA) is 75.4 Å². The number of nitrogens with zero attached hydrogens (tertiary/aromatic N) is 2. The second kappa shape index (κ2) is 8.80. The summed E-state index contributed by atoms with van der Waals surface area (Å²) in [7, 11) is 0. The molecular weight excluding hydrogens is 366 g/mol. The summed E-state index contributed by atoms with van der Waals surface area (Å²) in [6.45, 7) is 3.74. The molecule has 0 radical (unpaired) electrons. The maximum Gasteiger partial charge on any atom is 0.287 e. The number of aromatic nitrogens is 1. The smallest absolute Gasteiger partial charge is 0.287 e. The zero-order chi connectivity index (χ0) is 20.2. The molecule has 2 aliphatic rings. The van der Waals surface area contributed by atoms with E-state index in [0.29, 0.717) is 31.2 Å². The number of nitrogens with one attached hydrogen (secondary N) is 1. The van der Waals surface area contributed by atoms with Gasteiger partial charge >= 0.3 is 0 Å². The van der Waals surface area contributed by atoms with E-state index in [1.807, 2.05) is 18.0 Å². The van der Waals surface area contributed by atoms with Gasteiger partial charge in [0.1, 0.15) is 0 Å². The highest BCUT2D eigenvalue weighted by molar-refractivity contribution is 5.91. The Bertz CT molecular complexity index is 870. The van der Waals surface area contributed by atoms with Crippen molar-refractivity contribution in [2.45, 2.75) is 65.0 Å². The number of rotatable bonds is 5. The van der Waals surface area contributed by atoms with Crippen molar-refractivity contribution in [3.63, 3.8) is 0 Å². The predicted molar refractivity (Wildman–Crippen MR) is 109 cm³/mol. The molecule has 0 atom stereocenters. The van der Waals surface area contributed by atoms with Crippen LogP contribution in [-0.2, 0) is 24.3 Å². The molecule has 1 saturated carbocycles. The van der Waals surface area contributed by atoms with Crippen molar-refractivity contribution >= 4 is 11.8 Å². The number of hydrogen-bond donors (Lipinski definition) is 1. The molecule has 1 N–H and O–H groups in total. The Morgan fingerprint density at radius 3 is 2.86 bits per heavy atom. The first-order valence-corrected chi connectivity index (χ1v) is 10.7. The van der Waals surface area contributed by atoms with Gasteiger partial charge in [-0.15, -0.1) is 0 Å². The first kappa shape index (κ1) is 19.7. The van der Waals surface area contributed by atoms with Crippen molar-refractivity contribution in [3.05, 3.63) is 52.7 Å². The summed E-state index contributed by atoms with van der Waals surface area (Å²) in [5.74, 6) is 0.906. The standard InChI is InChI=1S/C23H29N3O3/c1-16-20(14-25-23(28)21-8-5-11-29-21)19-9-10-26(15-18(19)13-24-16)22(27)12-17-6-3-2-4-7-17/h5,8,11,13,17H,2-4,6-7,9-10,12,14-15H2,1H3,(H,25,28). The molecule has 2 amide bonds. The SMILES string of the molecule is Cc1ncc2c(c1CNC(=O)c1ccco1)CCN(C(=O)CC1CCCCC1)C2. The molecule has 3 heterocycles. The highest BCUT2D eigenvalue weighted by Gasteiger charge is 2.26. The molecule has 0 bridgehead atoms. The lowest BCUT2D eigenvalue weighted by molar-refractivity contribution is -0.133. The number of fused-ring (bicyclic) bond motifs is 1. The lowest BCUT2D eigenvalue weighted by Gasteiger charge is -2.32. The van der Waals surface area contributed by atoms with E-state index >= 15 is 0 Å². The number of carbonyl (C=O) groups excluding carboxylic acids is 2. The zero-order valence-corrected chi connectivity index (χ0v) is 17.1. The monoisotopic (exact) mass is 395 g/mol. The fourth-order valence-electron chi connectivity index (χ4n) is 4.60. The van der Waals surface area contributed by atoms with Crippen LogP contribution in [-0.4, -0.2) is 28.2 Å². The molecule has 1 fully saturated rings. The third kappa shape index (κ3) is 4.52. The van der Waals surface area contributed by atoms with Gasteiger partial charge in [0, 0.05) is 37.9 Å². The van der Waals surface area contributed by atoms with Gasteiger partial charge in [0.15, 0.2) is 5.76 Å². The Kier molecular flexibility index (Phi) is 5.97. The van der Waals surface area contributed by atoms with E-state index in [1.165, 1.54) is 43.9 Å². The van der Waals surface area contributed by atoms with E-state index in [2.05, 4.69) is 10.3 Å². The van der Waals surface area contributed by atoms with Crippen LogP contribution in [0.4, 0.5) is 0 Å². The minimum atomic E-state index is -0.230. The minimum Gasteiger partial charge on any atom is -0.459 e. The van der Waals surface area contributed by atoms with Crippen LogP contribution in [0.2, 0.25) is 0 Å². The van der Waals surface area contributed by atoms with Crippen LogP contribution >= 0.6 is 0 Å². The molecule has 0 aromatic carbocycles. The Hall–Kier alpha value is -2.63. The minimum absolute atomic E-state index is 0.230. The summed E-state index contributed by atoms with van der Waals surface area (Å²) in [5.41, 5.74) is 4.30. The number of amides is 2. The third-order valence-corrected chi connectivity index (χ3v) is 6.31. The van der Waals surface area contributed by atoms with Gasteiger partial charge in [0.25, 0.3) is 5.91 Å². The first-order chi connectivity index (χ1) is 14.1. The average molecular weight is 396 g/mol. The Labute approximate surface area is 171 Å². The molecule has 1 aliphatic carbocycles. The van der Waals surface area contributed by atoms with E-state index in [0.717, 1.165) is 29.8 Å². The van der Waals surface area contributed by atoms with E-state index < -0.39 is 0 Å². The molecule has 2 aromatic heterocycles. The van der Waals surface area contributed by atoms with Crippen molar-refractivity contribution in [2.75, 3.05) is 6.54 Å². The fraction of sp³-hybridized carbons (Fsp3) is 0.522. The largest absolute Gasteiger partial charge is 0.459 e. The number of carbonyl (C=O) groups is 2.